The number of benzene rings is 1. The van der Waals surface area contributed by atoms with E-state index in [2.05, 4.69) is 30.2 Å². The molecule has 0 fully saturated rings. The Bertz CT molecular complexity index is 972. The van der Waals surface area contributed by atoms with E-state index in [-0.39, 0.29) is 30.1 Å². The van der Waals surface area contributed by atoms with Crippen molar-refractivity contribution in [3.63, 3.8) is 0 Å². The third-order valence-electron chi connectivity index (χ3n) is 5.09. The highest BCUT2D eigenvalue weighted by molar-refractivity contribution is 5.95. The average Bonchev–Trinajstić information content (AvgIpc) is 2.71. The molecule has 1 aromatic heterocycles. The number of fused-ring (bicyclic) bond motifs is 1. The summed E-state index contributed by atoms with van der Waals surface area (Å²) in [5, 5.41) is 12.4. The van der Waals surface area contributed by atoms with Gasteiger partial charge in [0.15, 0.2) is 12.4 Å². The lowest BCUT2D eigenvalue weighted by Crippen LogP contribution is -2.22. The number of nitrogens with one attached hydrogen (secondary N) is 1. The molecule has 29 heavy (non-hydrogen) atoms. The van der Waals surface area contributed by atoms with Crippen molar-refractivity contribution < 1.29 is 14.3 Å². The molecule has 1 aliphatic carbocycles. The van der Waals surface area contributed by atoms with Gasteiger partial charge in [-0.3, -0.25) is 9.59 Å². The van der Waals surface area contributed by atoms with Gasteiger partial charge >= 0.3 is 0 Å². The number of Topliss-reactive ketones (excluding diaryl/α,β-unsaturated/α-hetero) is 1. The van der Waals surface area contributed by atoms with E-state index in [0.29, 0.717) is 16.8 Å². The van der Waals surface area contributed by atoms with Crippen LogP contribution in [0, 0.1) is 11.3 Å². The summed E-state index contributed by atoms with van der Waals surface area (Å²) < 4.78 is 5.68. The summed E-state index contributed by atoms with van der Waals surface area (Å²) in [6.07, 6.45) is 3.91. The molecule has 0 atom stereocenters. The molecule has 3 rings (SSSR count). The zero-order chi connectivity index (χ0) is 21.0. The number of ketones is 1. The molecule has 0 saturated heterocycles. The van der Waals surface area contributed by atoms with Gasteiger partial charge in [-0.2, -0.15) is 5.26 Å². The minimum atomic E-state index is -0.352. The maximum Gasteiger partial charge on any atom is 0.262 e. The van der Waals surface area contributed by atoms with Crippen LogP contribution in [0.1, 0.15) is 72.3 Å². The van der Waals surface area contributed by atoms with E-state index >= 15 is 0 Å². The minimum absolute atomic E-state index is 0.0327. The predicted molar refractivity (Wildman–Crippen MR) is 110 cm³/mol. The summed E-state index contributed by atoms with van der Waals surface area (Å²) in [4.78, 5) is 28.2. The number of carbonyl (C=O) groups excluding carboxylic acids is 2. The second-order valence-electron chi connectivity index (χ2n) is 7.58. The van der Waals surface area contributed by atoms with Gasteiger partial charge < -0.3 is 10.1 Å². The minimum Gasteiger partial charge on any atom is -0.467 e. The van der Waals surface area contributed by atoms with E-state index in [1.54, 1.807) is 24.3 Å². The summed E-state index contributed by atoms with van der Waals surface area (Å²) >= 11 is 0. The number of pyridine rings is 1. The standard InChI is InChI=1S/C23H25N3O3/c1-14(2)22-19-7-5-4-6-18(19)20(12-24)23(26-22)29-13-21(28)25-17-10-8-16(9-11-17)15(3)27/h8-11,14H,4-7,13H2,1-3H3,(H,25,28). The van der Waals surface area contributed by atoms with Gasteiger partial charge in [0, 0.05) is 11.3 Å². The van der Waals surface area contributed by atoms with E-state index in [1.165, 1.54) is 12.5 Å². The normalized spacial score (nSPS) is 12.8. The van der Waals surface area contributed by atoms with Crippen molar-refractivity contribution in [2.45, 2.75) is 52.4 Å². The molecule has 6 nitrogen and oxygen atoms in total. The highest BCUT2D eigenvalue weighted by Crippen LogP contribution is 2.34. The summed E-state index contributed by atoms with van der Waals surface area (Å²) in [5.41, 5.74) is 4.75. The van der Waals surface area contributed by atoms with E-state index in [4.69, 9.17) is 4.74 Å². The Morgan fingerprint density at radius 1 is 1.17 bits per heavy atom. The number of aromatic nitrogens is 1. The van der Waals surface area contributed by atoms with Crippen LogP contribution in [-0.4, -0.2) is 23.3 Å². The van der Waals surface area contributed by atoms with Gasteiger partial charge in [-0.25, -0.2) is 4.98 Å². The first-order valence-corrected chi connectivity index (χ1v) is 9.90. The molecule has 0 aliphatic heterocycles. The molecule has 0 saturated carbocycles. The number of nitrogens with zero attached hydrogens (tertiary/aromatic N) is 2. The first-order chi connectivity index (χ1) is 13.9. The summed E-state index contributed by atoms with van der Waals surface area (Å²) in [5.74, 6) is 0.0641. The number of anilines is 1. The molecule has 0 bridgehead atoms. The quantitative estimate of drug-likeness (QED) is 0.746. The molecule has 2 aromatic rings. The van der Waals surface area contributed by atoms with Crippen LogP contribution >= 0.6 is 0 Å². The number of ether oxygens (including phenoxy) is 1. The summed E-state index contributed by atoms with van der Waals surface area (Å²) in [7, 11) is 0. The Morgan fingerprint density at radius 2 is 1.83 bits per heavy atom. The first kappa shape index (κ1) is 20.5. The molecule has 150 valence electrons. The second-order valence-corrected chi connectivity index (χ2v) is 7.58. The van der Waals surface area contributed by atoms with Gasteiger partial charge in [0.05, 0.1) is 5.69 Å². The third kappa shape index (κ3) is 4.62. The van der Waals surface area contributed by atoms with Crippen LogP contribution in [0.25, 0.3) is 0 Å². The first-order valence-electron chi connectivity index (χ1n) is 9.90. The van der Waals surface area contributed by atoms with Crippen LogP contribution in [0.2, 0.25) is 0 Å². The maximum atomic E-state index is 12.3. The van der Waals surface area contributed by atoms with Crippen molar-refractivity contribution in [1.82, 2.24) is 4.98 Å². The van der Waals surface area contributed by atoms with Gasteiger partial charge in [-0.1, -0.05) is 13.8 Å². The van der Waals surface area contributed by atoms with Crippen molar-refractivity contribution in [3.8, 4) is 11.9 Å². The van der Waals surface area contributed by atoms with Crippen molar-refractivity contribution in [1.29, 1.82) is 5.26 Å². The van der Waals surface area contributed by atoms with Gasteiger partial charge in [-0.05, 0) is 73.9 Å². The van der Waals surface area contributed by atoms with E-state index in [1.807, 2.05) is 0 Å². The zero-order valence-corrected chi connectivity index (χ0v) is 17.0. The Kier molecular flexibility index (Phi) is 6.28. The lowest BCUT2D eigenvalue weighted by Gasteiger charge is -2.23. The molecule has 0 spiro atoms. The smallest absolute Gasteiger partial charge is 0.262 e. The summed E-state index contributed by atoms with van der Waals surface area (Å²) in [6.45, 7) is 5.40. The number of hydrogen-bond donors (Lipinski definition) is 1. The van der Waals surface area contributed by atoms with Crippen LogP contribution in [0.3, 0.4) is 0 Å². The molecule has 1 heterocycles. The average molecular weight is 391 g/mol. The molecule has 0 unspecified atom stereocenters. The van der Waals surface area contributed by atoms with Crippen LogP contribution in [0.5, 0.6) is 5.88 Å². The molecule has 0 radical (unpaired) electrons. The molecular weight excluding hydrogens is 366 g/mol. The number of rotatable bonds is 6. The van der Waals surface area contributed by atoms with E-state index in [0.717, 1.165) is 36.9 Å². The third-order valence-corrected chi connectivity index (χ3v) is 5.09. The highest BCUT2D eigenvalue weighted by Gasteiger charge is 2.24. The topological polar surface area (TPSA) is 92.1 Å². The van der Waals surface area contributed by atoms with Crippen LogP contribution in [0.15, 0.2) is 24.3 Å². The van der Waals surface area contributed by atoms with E-state index in [9.17, 15) is 14.9 Å². The highest BCUT2D eigenvalue weighted by atomic mass is 16.5. The lowest BCUT2D eigenvalue weighted by atomic mass is 9.85. The number of amides is 1. The predicted octanol–water partition coefficient (Wildman–Crippen LogP) is 4.18. The monoisotopic (exact) mass is 391 g/mol. The SMILES string of the molecule is CC(=O)c1ccc(NC(=O)COc2nc(C(C)C)c3c(c2C#N)CCCC3)cc1. The Balaban J connectivity index is 1.76. The molecule has 1 amide bonds. The maximum absolute atomic E-state index is 12.3. The lowest BCUT2D eigenvalue weighted by molar-refractivity contribution is -0.118. The largest absolute Gasteiger partial charge is 0.467 e. The van der Waals surface area contributed by atoms with Crippen molar-refractivity contribution >= 4 is 17.4 Å². The molecule has 1 aliphatic rings. The van der Waals surface area contributed by atoms with Gasteiger partial charge in [0.1, 0.15) is 11.6 Å². The second kappa shape index (κ2) is 8.87. The molecule has 6 heteroatoms. The Morgan fingerprint density at radius 3 is 2.41 bits per heavy atom. The summed E-state index contributed by atoms with van der Waals surface area (Å²) in [6, 6.07) is 8.89. The van der Waals surface area contributed by atoms with Crippen LogP contribution < -0.4 is 10.1 Å². The Hall–Kier alpha value is -3.20. The fraction of sp³-hybridized carbons (Fsp3) is 0.391. The van der Waals surface area contributed by atoms with Gasteiger partial charge in [-0.15, -0.1) is 0 Å². The van der Waals surface area contributed by atoms with Gasteiger partial charge in [0.2, 0.25) is 5.88 Å². The number of nitriles is 1. The van der Waals surface area contributed by atoms with Crippen molar-refractivity contribution in [2.75, 3.05) is 11.9 Å². The number of hydrogen-bond acceptors (Lipinski definition) is 5. The van der Waals surface area contributed by atoms with Gasteiger partial charge in [0.25, 0.3) is 5.91 Å². The fourth-order valence-corrected chi connectivity index (χ4v) is 3.64. The zero-order valence-electron chi connectivity index (χ0n) is 17.0. The molecule has 1 N–H and O–H groups in total. The van der Waals surface area contributed by atoms with Crippen molar-refractivity contribution in [2.24, 2.45) is 0 Å². The number of carbonyl (C=O) groups is 2. The Labute approximate surface area is 170 Å². The van der Waals surface area contributed by atoms with Crippen molar-refractivity contribution in [3.05, 3.63) is 52.2 Å². The fourth-order valence-electron chi connectivity index (χ4n) is 3.64. The van der Waals surface area contributed by atoms with E-state index < -0.39 is 0 Å². The van der Waals surface area contributed by atoms with Crippen LogP contribution in [0.4, 0.5) is 5.69 Å². The molecule has 1 aromatic carbocycles. The van der Waals surface area contributed by atoms with Crippen LogP contribution in [-0.2, 0) is 17.6 Å². The molecular formula is C23H25N3O3.